The number of amides is 1. The molecule has 28 heavy (non-hydrogen) atoms. The van der Waals surface area contributed by atoms with Crippen molar-refractivity contribution in [3.63, 3.8) is 0 Å². The highest BCUT2D eigenvalue weighted by Crippen LogP contribution is 2.25. The molecule has 1 aliphatic heterocycles. The molecule has 1 saturated heterocycles. The van der Waals surface area contributed by atoms with E-state index < -0.39 is 0 Å². The number of methoxy groups -OCH3 is 1. The number of para-hydroxylation sites is 2. The molecule has 8 nitrogen and oxygen atoms in total. The SMILES string of the molecule is COc1ccccc1-n1ncc2c(=O)[nH]c(SCC(=O)N3CCCCC3)nc21. The summed E-state index contributed by atoms with van der Waals surface area (Å²) in [6.45, 7) is 1.62. The zero-order valence-corrected chi connectivity index (χ0v) is 16.4. The van der Waals surface area contributed by atoms with Gasteiger partial charge in [-0.25, -0.2) is 9.67 Å². The second-order valence-electron chi connectivity index (χ2n) is 6.57. The summed E-state index contributed by atoms with van der Waals surface area (Å²) < 4.78 is 6.98. The van der Waals surface area contributed by atoms with Crippen molar-refractivity contribution in [2.45, 2.75) is 24.4 Å². The number of H-pyrrole nitrogens is 1. The quantitative estimate of drug-likeness (QED) is 0.522. The lowest BCUT2D eigenvalue weighted by atomic mass is 10.1. The van der Waals surface area contributed by atoms with Gasteiger partial charge in [-0.3, -0.25) is 9.59 Å². The second kappa shape index (κ2) is 8.05. The van der Waals surface area contributed by atoms with Crippen LogP contribution in [0.2, 0.25) is 0 Å². The van der Waals surface area contributed by atoms with E-state index in [9.17, 15) is 9.59 Å². The van der Waals surface area contributed by atoms with Crippen LogP contribution in [0.15, 0.2) is 40.4 Å². The van der Waals surface area contributed by atoms with Gasteiger partial charge in [0, 0.05) is 13.1 Å². The number of rotatable bonds is 5. The van der Waals surface area contributed by atoms with Crippen LogP contribution < -0.4 is 10.3 Å². The number of benzene rings is 1. The van der Waals surface area contributed by atoms with Crippen LogP contribution in [0.1, 0.15) is 19.3 Å². The maximum Gasteiger partial charge on any atom is 0.262 e. The highest BCUT2D eigenvalue weighted by atomic mass is 32.2. The molecule has 0 radical (unpaired) electrons. The van der Waals surface area contributed by atoms with Gasteiger partial charge in [-0.15, -0.1) is 0 Å². The Bertz CT molecular complexity index is 1060. The molecule has 2 aromatic heterocycles. The third kappa shape index (κ3) is 3.62. The van der Waals surface area contributed by atoms with Gasteiger partial charge in [0.15, 0.2) is 10.8 Å². The van der Waals surface area contributed by atoms with Crippen molar-refractivity contribution >= 4 is 28.7 Å². The van der Waals surface area contributed by atoms with Crippen LogP contribution in [-0.2, 0) is 4.79 Å². The molecule has 0 spiro atoms. The molecule has 0 unspecified atom stereocenters. The Hall–Kier alpha value is -2.81. The minimum atomic E-state index is -0.279. The second-order valence-corrected chi connectivity index (χ2v) is 7.53. The third-order valence-electron chi connectivity index (χ3n) is 4.77. The van der Waals surface area contributed by atoms with Crippen molar-refractivity contribution in [3.8, 4) is 11.4 Å². The van der Waals surface area contributed by atoms with E-state index in [1.165, 1.54) is 24.4 Å². The molecule has 3 heterocycles. The van der Waals surface area contributed by atoms with E-state index in [1.807, 2.05) is 29.2 Å². The van der Waals surface area contributed by atoms with Crippen molar-refractivity contribution in [3.05, 3.63) is 40.8 Å². The van der Waals surface area contributed by atoms with E-state index in [4.69, 9.17) is 4.74 Å². The highest BCUT2D eigenvalue weighted by Gasteiger charge is 2.18. The molecule has 0 bridgehead atoms. The first kappa shape index (κ1) is 18.5. The fourth-order valence-electron chi connectivity index (χ4n) is 3.31. The fourth-order valence-corrected chi connectivity index (χ4v) is 4.07. The molecule has 1 fully saturated rings. The maximum absolute atomic E-state index is 12.5. The van der Waals surface area contributed by atoms with Crippen LogP contribution in [0.4, 0.5) is 0 Å². The van der Waals surface area contributed by atoms with E-state index in [1.54, 1.807) is 11.8 Å². The van der Waals surface area contributed by atoms with E-state index in [0.29, 0.717) is 27.6 Å². The predicted octanol–water partition coefficient (Wildman–Crippen LogP) is 2.22. The Balaban J connectivity index is 1.62. The largest absolute Gasteiger partial charge is 0.494 e. The van der Waals surface area contributed by atoms with Crippen LogP contribution >= 0.6 is 11.8 Å². The summed E-state index contributed by atoms with van der Waals surface area (Å²) in [5.74, 6) is 0.951. The van der Waals surface area contributed by atoms with Crippen LogP contribution in [-0.4, -0.2) is 56.5 Å². The van der Waals surface area contributed by atoms with Gasteiger partial charge in [-0.05, 0) is 31.4 Å². The average molecular weight is 399 g/mol. The number of hydrogen-bond acceptors (Lipinski definition) is 6. The zero-order chi connectivity index (χ0) is 19.5. The first-order chi connectivity index (χ1) is 13.7. The van der Waals surface area contributed by atoms with Gasteiger partial charge in [0.1, 0.15) is 16.8 Å². The molecule has 1 N–H and O–H groups in total. The van der Waals surface area contributed by atoms with Crippen molar-refractivity contribution < 1.29 is 9.53 Å². The molecule has 0 atom stereocenters. The van der Waals surface area contributed by atoms with Crippen LogP contribution in [0.3, 0.4) is 0 Å². The first-order valence-corrected chi connectivity index (χ1v) is 10.2. The predicted molar refractivity (Wildman–Crippen MR) is 107 cm³/mol. The summed E-state index contributed by atoms with van der Waals surface area (Å²) in [6, 6.07) is 7.40. The smallest absolute Gasteiger partial charge is 0.262 e. The van der Waals surface area contributed by atoms with Gasteiger partial charge in [0.25, 0.3) is 5.56 Å². The lowest BCUT2D eigenvalue weighted by Crippen LogP contribution is -2.36. The molecule has 146 valence electrons. The Morgan fingerprint density at radius 1 is 1.25 bits per heavy atom. The van der Waals surface area contributed by atoms with E-state index in [-0.39, 0.29) is 17.2 Å². The van der Waals surface area contributed by atoms with E-state index in [0.717, 1.165) is 25.9 Å². The van der Waals surface area contributed by atoms with Gasteiger partial charge in [-0.2, -0.15) is 5.10 Å². The number of nitrogens with zero attached hydrogens (tertiary/aromatic N) is 4. The van der Waals surface area contributed by atoms with Crippen molar-refractivity contribution in [2.75, 3.05) is 26.0 Å². The number of fused-ring (bicyclic) bond motifs is 1. The third-order valence-corrected chi connectivity index (χ3v) is 5.63. The van der Waals surface area contributed by atoms with Gasteiger partial charge < -0.3 is 14.6 Å². The summed E-state index contributed by atoms with van der Waals surface area (Å²) in [5, 5.41) is 5.10. The molecule has 0 aliphatic carbocycles. The van der Waals surface area contributed by atoms with E-state index >= 15 is 0 Å². The van der Waals surface area contributed by atoms with Crippen LogP contribution in [0.25, 0.3) is 16.7 Å². The molecule has 1 aromatic carbocycles. The van der Waals surface area contributed by atoms with E-state index in [2.05, 4.69) is 15.1 Å². The molecular weight excluding hydrogens is 378 g/mol. The summed E-state index contributed by atoms with van der Waals surface area (Å²) in [6.07, 6.45) is 4.77. The lowest BCUT2D eigenvalue weighted by molar-refractivity contribution is -0.129. The number of thioether (sulfide) groups is 1. The number of nitrogens with one attached hydrogen (secondary N) is 1. The zero-order valence-electron chi connectivity index (χ0n) is 15.6. The minimum Gasteiger partial charge on any atom is -0.494 e. The van der Waals surface area contributed by atoms with Crippen molar-refractivity contribution in [1.82, 2.24) is 24.6 Å². The summed E-state index contributed by atoms with van der Waals surface area (Å²) >= 11 is 1.24. The number of ether oxygens (including phenoxy) is 1. The van der Waals surface area contributed by atoms with Gasteiger partial charge in [0.05, 0.1) is 19.1 Å². The lowest BCUT2D eigenvalue weighted by Gasteiger charge is -2.26. The van der Waals surface area contributed by atoms with Crippen molar-refractivity contribution in [2.24, 2.45) is 0 Å². The number of aromatic nitrogens is 4. The Labute approximate surface area is 165 Å². The number of hydrogen-bond donors (Lipinski definition) is 1. The topological polar surface area (TPSA) is 93.1 Å². The normalized spacial score (nSPS) is 14.4. The number of aromatic amines is 1. The average Bonchev–Trinajstić information content (AvgIpc) is 3.17. The van der Waals surface area contributed by atoms with Crippen molar-refractivity contribution in [1.29, 1.82) is 0 Å². The Kier molecular flexibility index (Phi) is 5.34. The fraction of sp³-hybridized carbons (Fsp3) is 0.368. The molecule has 3 aromatic rings. The standard InChI is InChI=1S/C19H21N5O3S/c1-27-15-8-4-3-7-14(15)24-17-13(11-20-24)18(26)22-19(21-17)28-12-16(25)23-9-5-2-6-10-23/h3-4,7-8,11H,2,5-6,9-10,12H2,1H3,(H,21,22,26). The first-order valence-electron chi connectivity index (χ1n) is 9.19. The molecular formula is C19H21N5O3S. The molecule has 9 heteroatoms. The summed E-state index contributed by atoms with van der Waals surface area (Å²) in [5.41, 5.74) is 0.846. The number of likely N-dealkylation sites (tertiary alicyclic amines) is 1. The Morgan fingerprint density at radius 3 is 2.82 bits per heavy atom. The molecule has 1 aliphatic rings. The van der Waals surface area contributed by atoms with Gasteiger partial charge >= 0.3 is 0 Å². The maximum atomic E-state index is 12.5. The summed E-state index contributed by atoms with van der Waals surface area (Å²) in [7, 11) is 1.58. The summed E-state index contributed by atoms with van der Waals surface area (Å²) in [4.78, 5) is 34.0. The Morgan fingerprint density at radius 2 is 2.04 bits per heavy atom. The number of piperidine rings is 1. The monoisotopic (exact) mass is 399 g/mol. The molecule has 4 rings (SSSR count). The molecule has 1 amide bonds. The minimum absolute atomic E-state index is 0.0747. The van der Waals surface area contributed by atoms with Crippen LogP contribution in [0.5, 0.6) is 5.75 Å². The number of carbonyl (C=O) groups is 1. The van der Waals surface area contributed by atoms with Gasteiger partial charge in [-0.1, -0.05) is 23.9 Å². The van der Waals surface area contributed by atoms with Gasteiger partial charge in [0.2, 0.25) is 5.91 Å². The highest BCUT2D eigenvalue weighted by molar-refractivity contribution is 7.99. The van der Waals surface area contributed by atoms with Crippen LogP contribution in [0, 0.1) is 0 Å². The molecule has 0 saturated carbocycles. The number of carbonyl (C=O) groups excluding carboxylic acids is 1.